The zero-order chi connectivity index (χ0) is 13.4. The fourth-order valence-electron chi connectivity index (χ4n) is 1.55. The first-order valence-electron chi connectivity index (χ1n) is 6.01. The zero-order valence-electron chi connectivity index (χ0n) is 10.8. The van der Waals surface area contributed by atoms with Gasteiger partial charge in [-0.2, -0.15) is 0 Å². The van der Waals surface area contributed by atoms with Crippen LogP contribution in [0.4, 0.5) is 0 Å². The van der Waals surface area contributed by atoms with Gasteiger partial charge in [-0.1, -0.05) is 41.8 Å². The Morgan fingerprint density at radius 1 is 1.39 bits per heavy atom. The largest absolute Gasteiger partial charge is 0.383 e. The summed E-state index contributed by atoms with van der Waals surface area (Å²) in [5, 5.41) is 4.75. The topological polar surface area (TPSA) is 21.3 Å². The van der Waals surface area contributed by atoms with E-state index in [0.29, 0.717) is 5.02 Å². The van der Waals surface area contributed by atoms with Crippen molar-refractivity contribution in [2.45, 2.75) is 13.3 Å². The standard InChI is InChI=1S/C14H19Cl2NO/c1-3-11(10-17-6-7-18-2)8-12-9-13(15)4-5-14(12)16/h4-5,8-9,17H,3,6-7,10H2,1-2H3/b11-8-. The van der Waals surface area contributed by atoms with Crippen LogP contribution in [-0.4, -0.2) is 26.8 Å². The van der Waals surface area contributed by atoms with E-state index in [0.717, 1.165) is 36.7 Å². The van der Waals surface area contributed by atoms with Gasteiger partial charge in [-0.25, -0.2) is 0 Å². The van der Waals surface area contributed by atoms with E-state index in [1.807, 2.05) is 12.1 Å². The molecule has 0 bridgehead atoms. The monoisotopic (exact) mass is 287 g/mol. The van der Waals surface area contributed by atoms with E-state index in [4.69, 9.17) is 27.9 Å². The Morgan fingerprint density at radius 3 is 2.83 bits per heavy atom. The van der Waals surface area contributed by atoms with Crippen molar-refractivity contribution in [3.63, 3.8) is 0 Å². The van der Waals surface area contributed by atoms with Gasteiger partial charge in [0.25, 0.3) is 0 Å². The first kappa shape index (κ1) is 15.5. The number of hydrogen-bond acceptors (Lipinski definition) is 2. The fraction of sp³-hybridized carbons (Fsp3) is 0.429. The molecule has 1 N–H and O–H groups in total. The molecule has 4 heteroatoms. The van der Waals surface area contributed by atoms with Crippen LogP contribution in [0.3, 0.4) is 0 Å². The molecule has 1 rings (SSSR count). The van der Waals surface area contributed by atoms with Gasteiger partial charge < -0.3 is 10.1 Å². The van der Waals surface area contributed by atoms with Gasteiger partial charge in [0.1, 0.15) is 0 Å². The lowest BCUT2D eigenvalue weighted by Crippen LogP contribution is -2.21. The Balaban J connectivity index is 2.68. The average Bonchev–Trinajstić information content (AvgIpc) is 2.37. The third-order valence-corrected chi connectivity index (χ3v) is 3.19. The van der Waals surface area contributed by atoms with Gasteiger partial charge in [0.15, 0.2) is 0 Å². The lowest BCUT2D eigenvalue weighted by Gasteiger charge is -2.08. The summed E-state index contributed by atoms with van der Waals surface area (Å²) >= 11 is 12.1. The number of rotatable bonds is 7. The predicted molar refractivity (Wildman–Crippen MR) is 79.5 cm³/mol. The summed E-state index contributed by atoms with van der Waals surface area (Å²) in [5.74, 6) is 0. The predicted octanol–water partition coefficient (Wildman–Crippen LogP) is 4.02. The number of methoxy groups -OCH3 is 1. The average molecular weight is 288 g/mol. The molecule has 0 heterocycles. The van der Waals surface area contributed by atoms with Crippen LogP contribution < -0.4 is 5.32 Å². The minimum atomic E-state index is 0.702. The maximum absolute atomic E-state index is 6.14. The Hall–Kier alpha value is -0.540. The second-order valence-corrected chi connectivity index (χ2v) is 4.84. The smallest absolute Gasteiger partial charge is 0.0587 e. The van der Waals surface area contributed by atoms with Crippen LogP contribution in [0.25, 0.3) is 6.08 Å². The minimum absolute atomic E-state index is 0.702. The molecule has 1 aromatic carbocycles. The molecule has 0 radical (unpaired) electrons. The van der Waals surface area contributed by atoms with Crippen LogP contribution in [-0.2, 0) is 4.74 Å². The number of hydrogen-bond donors (Lipinski definition) is 1. The fourth-order valence-corrected chi connectivity index (χ4v) is 1.90. The molecule has 100 valence electrons. The minimum Gasteiger partial charge on any atom is -0.383 e. The Morgan fingerprint density at radius 2 is 2.17 bits per heavy atom. The van der Waals surface area contributed by atoms with Crippen molar-refractivity contribution in [2.24, 2.45) is 0 Å². The molecule has 0 saturated heterocycles. The Kier molecular flexibility index (Phi) is 7.36. The van der Waals surface area contributed by atoms with Crippen LogP contribution in [0.2, 0.25) is 10.0 Å². The van der Waals surface area contributed by atoms with Crippen LogP contribution >= 0.6 is 23.2 Å². The Bertz CT molecular complexity index is 405. The van der Waals surface area contributed by atoms with E-state index >= 15 is 0 Å². The third-order valence-electron chi connectivity index (χ3n) is 2.61. The summed E-state index contributed by atoms with van der Waals surface area (Å²) in [6.07, 6.45) is 3.07. The highest BCUT2D eigenvalue weighted by molar-refractivity contribution is 6.34. The molecule has 18 heavy (non-hydrogen) atoms. The third kappa shape index (κ3) is 5.40. The lowest BCUT2D eigenvalue weighted by atomic mass is 10.1. The lowest BCUT2D eigenvalue weighted by molar-refractivity contribution is 0.200. The first-order valence-corrected chi connectivity index (χ1v) is 6.77. The van der Waals surface area contributed by atoms with Gasteiger partial charge in [0.2, 0.25) is 0 Å². The Labute approximate surface area is 119 Å². The maximum atomic E-state index is 6.14. The van der Waals surface area contributed by atoms with E-state index in [1.165, 1.54) is 5.57 Å². The van der Waals surface area contributed by atoms with E-state index in [-0.39, 0.29) is 0 Å². The highest BCUT2D eigenvalue weighted by Crippen LogP contribution is 2.23. The number of ether oxygens (including phenoxy) is 1. The van der Waals surface area contributed by atoms with Gasteiger partial charge in [-0.15, -0.1) is 0 Å². The van der Waals surface area contributed by atoms with Crippen molar-refractivity contribution in [3.05, 3.63) is 39.4 Å². The summed E-state index contributed by atoms with van der Waals surface area (Å²) in [6.45, 7) is 4.52. The maximum Gasteiger partial charge on any atom is 0.0587 e. The van der Waals surface area contributed by atoms with Gasteiger partial charge in [-0.3, -0.25) is 0 Å². The summed E-state index contributed by atoms with van der Waals surface area (Å²) in [7, 11) is 1.70. The van der Waals surface area contributed by atoms with Crippen LogP contribution in [0.15, 0.2) is 23.8 Å². The van der Waals surface area contributed by atoms with Gasteiger partial charge in [0.05, 0.1) is 6.61 Å². The SMILES string of the molecule is CC/C(=C/c1cc(Cl)ccc1Cl)CNCCOC. The molecule has 0 aromatic heterocycles. The molecule has 2 nitrogen and oxygen atoms in total. The molecule has 0 aliphatic rings. The van der Waals surface area contributed by atoms with Crippen molar-refractivity contribution in [3.8, 4) is 0 Å². The highest BCUT2D eigenvalue weighted by atomic mass is 35.5. The quantitative estimate of drug-likeness (QED) is 0.765. The molecule has 0 fully saturated rings. The molecule has 0 amide bonds. The summed E-state index contributed by atoms with van der Waals surface area (Å²) < 4.78 is 4.99. The van der Waals surface area contributed by atoms with Gasteiger partial charge in [0, 0.05) is 30.2 Å². The molecule has 0 atom stereocenters. The van der Waals surface area contributed by atoms with Crippen LogP contribution in [0, 0.1) is 0 Å². The van der Waals surface area contributed by atoms with Crippen LogP contribution in [0.1, 0.15) is 18.9 Å². The summed E-state index contributed by atoms with van der Waals surface area (Å²) in [4.78, 5) is 0. The second-order valence-electron chi connectivity index (χ2n) is 3.99. The molecule has 0 aliphatic carbocycles. The first-order chi connectivity index (χ1) is 8.67. The molecule has 0 saturated carbocycles. The normalized spacial score (nSPS) is 11.9. The number of halogens is 2. The van der Waals surface area contributed by atoms with Crippen molar-refractivity contribution in [1.29, 1.82) is 0 Å². The van der Waals surface area contributed by atoms with Crippen molar-refractivity contribution in [2.75, 3.05) is 26.8 Å². The van der Waals surface area contributed by atoms with E-state index in [2.05, 4.69) is 18.3 Å². The van der Waals surface area contributed by atoms with Crippen molar-refractivity contribution in [1.82, 2.24) is 5.32 Å². The van der Waals surface area contributed by atoms with E-state index < -0.39 is 0 Å². The van der Waals surface area contributed by atoms with Crippen molar-refractivity contribution < 1.29 is 4.74 Å². The molecule has 0 spiro atoms. The number of nitrogens with one attached hydrogen (secondary N) is 1. The van der Waals surface area contributed by atoms with Crippen LogP contribution in [0.5, 0.6) is 0 Å². The van der Waals surface area contributed by atoms with Crippen molar-refractivity contribution >= 4 is 29.3 Å². The molecule has 1 aromatic rings. The second kappa shape index (κ2) is 8.54. The molecule has 0 aliphatic heterocycles. The van der Waals surface area contributed by atoms with E-state index in [9.17, 15) is 0 Å². The van der Waals surface area contributed by atoms with Gasteiger partial charge >= 0.3 is 0 Å². The van der Waals surface area contributed by atoms with E-state index in [1.54, 1.807) is 13.2 Å². The molecule has 0 unspecified atom stereocenters. The summed E-state index contributed by atoms with van der Waals surface area (Å²) in [5.41, 5.74) is 2.25. The molecular weight excluding hydrogens is 269 g/mol. The highest BCUT2D eigenvalue weighted by Gasteiger charge is 2.01. The zero-order valence-corrected chi connectivity index (χ0v) is 12.3. The number of benzene rings is 1. The molecular formula is C14H19Cl2NO. The van der Waals surface area contributed by atoms with Gasteiger partial charge in [-0.05, 0) is 30.2 Å². The summed E-state index contributed by atoms with van der Waals surface area (Å²) in [6, 6.07) is 5.50.